The zero-order chi connectivity index (χ0) is 9.19. The summed E-state index contributed by atoms with van der Waals surface area (Å²) in [6, 6.07) is 5.29. The number of alkyl halides is 3. The number of aliphatic hydroxyl groups is 1. The van der Waals surface area contributed by atoms with Crippen LogP contribution in [0, 0.1) is 6.07 Å². The molecule has 1 nitrogen and oxygen atoms in total. The van der Waals surface area contributed by atoms with Gasteiger partial charge in [-0.15, -0.1) is 5.56 Å². The molecule has 0 saturated carbocycles. The van der Waals surface area contributed by atoms with Gasteiger partial charge >= 0.3 is 38.9 Å². The molecule has 1 N–H and O–H groups in total. The largest absolute Gasteiger partial charge is 3.00 e. The van der Waals surface area contributed by atoms with Gasteiger partial charge in [-0.05, 0) is 0 Å². The van der Waals surface area contributed by atoms with Crippen LogP contribution in [-0.4, -0.2) is 5.11 Å². The van der Waals surface area contributed by atoms with Gasteiger partial charge in [0.1, 0.15) is 0 Å². The van der Waals surface area contributed by atoms with Gasteiger partial charge in [-0.3, -0.25) is 0 Å². The maximum atomic E-state index is 11.9. The second-order valence-corrected chi connectivity index (χ2v) is 2.27. The van der Waals surface area contributed by atoms with Gasteiger partial charge < -0.3 is 5.11 Å². The van der Waals surface area contributed by atoms with E-state index in [1.165, 1.54) is 6.07 Å². The molecule has 1 aromatic carbocycles. The van der Waals surface area contributed by atoms with Crippen LogP contribution in [0.15, 0.2) is 18.2 Å². The SMILES string of the molecule is OCc1c[c-]c(C(F)(F)F)cc1.[Y+3]. The Labute approximate surface area is 98.8 Å². The molecule has 13 heavy (non-hydrogen) atoms. The van der Waals surface area contributed by atoms with Crippen molar-refractivity contribution in [3.8, 4) is 0 Å². The van der Waals surface area contributed by atoms with Gasteiger partial charge in [0.2, 0.25) is 0 Å². The summed E-state index contributed by atoms with van der Waals surface area (Å²) in [6.45, 7) is -0.269. The molecule has 0 amide bonds. The molecular weight excluding hydrogens is 258 g/mol. The molecule has 0 spiro atoms. The van der Waals surface area contributed by atoms with E-state index in [4.69, 9.17) is 5.11 Å². The number of aliphatic hydroxyl groups excluding tert-OH is 1. The molecule has 0 atom stereocenters. The predicted octanol–water partition coefficient (Wildman–Crippen LogP) is 2.00. The maximum Gasteiger partial charge on any atom is 3.00 e. The fraction of sp³-hybridized carbons (Fsp3) is 0.250. The van der Waals surface area contributed by atoms with Crippen molar-refractivity contribution in [2.24, 2.45) is 0 Å². The minimum absolute atomic E-state index is 0. The van der Waals surface area contributed by atoms with Gasteiger partial charge in [0.25, 0.3) is 0 Å². The van der Waals surface area contributed by atoms with Crippen LogP contribution in [0.4, 0.5) is 13.2 Å². The molecule has 66 valence electrons. The van der Waals surface area contributed by atoms with Crippen LogP contribution in [0.2, 0.25) is 0 Å². The molecule has 0 fully saturated rings. The second kappa shape index (κ2) is 5.08. The van der Waals surface area contributed by atoms with Crippen molar-refractivity contribution in [2.45, 2.75) is 12.8 Å². The van der Waals surface area contributed by atoms with E-state index in [0.29, 0.717) is 5.56 Å². The van der Waals surface area contributed by atoms with Crippen LogP contribution in [0.3, 0.4) is 0 Å². The molecule has 0 aliphatic carbocycles. The van der Waals surface area contributed by atoms with E-state index >= 15 is 0 Å². The number of hydrogen-bond acceptors (Lipinski definition) is 1. The first-order chi connectivity index (χ1) is 5.54. The Balaban J connectivity index is 0.00000144. The van der Waals surface area contributed by atoms with Crippen molar-refractivity contribution >= 4 is 0 Å². The molecule has 1 aromatic rings. The van der Waals surface area contributed by atoms with E-state index in [-0.39, 0.29) is 39.3 Å². The fourth-order valence-corrected chi connectivity index (χ4v) is 0.732. The van der Waals surface area contributed by atoms with Crippen molar-refractivity contribution < 1.29 is 51.0 Å². The molecule has 0 aromatic heterocycles. The van der Waals surface area contributed by atoms with Crippen molar-refractivity contribution in [3.63, 3.8) is 0 Å². The molecular formula is C8H6F3OY+2. The van der Waals surface area contributed by atoms with Gasteiger partial charge in [-0.1, -0.05) is 5.56 Å². The first-order valence-electron chi connectivity index (χ1n) is 3.22. The van der Waals surface area contributed by atoms with Gasteiger partial charge in [0.05, 0.1) is 0 Å². The third-order valence-corrected chi connectivity index (χ3v) is 1.37. The number of rotatable bonds is 1. The Morgan fingerprint density at radius 3 is 2.23 bits per heavy atom. The second-order valence-electron chi connectivity index (χ2n) is 2.27. The molecule has 0 saturated heterocycles. The van der Waals surface area contributed by atoms with Crippen LogP contribution < -0.4 is 0 Å². The topological polar surface area (TPSA) is 20.2 Å². The van der Waals surface area contributed by atoms with Crippen molar-refractivity contribution in [1.29, 1.82) is 0 Å². The third kappa shape index (κ3) is 3.75. The minimum Gasteiger partial charge on any atom is -0.404 e. The van der Waals surface area contributed by atoms with E-state index in [2.05, 4.69) is 0 Å². The molecule has 0 aliphatic heterocycles. The van der Waals surface area contributed by atoms with Crippen molar-refractivity contribution in [1.82, 2.24) is 0 Å². The average molecular weight is 264 g/mol. The third-order valence-electron chi connectivity index (χ3n) is 1.37. The summed E-state index contributed by atoms with van der Waals surface area (Å²) in [5.74, 6) is 0. The van der Waals surface area contributed by atoms with Crippen LogP contribution in [0.25, 0.3) is 0 Å². The summed E-state index contributed by atoms with van der Waals surface area (Å²) < 4.78 is 35.8. The van der Waals surface area contributed by atoms with Crippen molar-refractivity contribution in [3.05, 3.63) is 35.4 Å². The average Bonchev–Trinajstić information content (AvgIpc) is 2.03. The summed E-state index contributed by atoms with van der Waals surface area (Å²) in [5.41, 5.74) is -0.400. The van der Waals surface area contributed by atoms with E-state index in [0.717, 1.165) is 12.1 Å². The quantitative estimate of drug-likeness (QED) is 0.769. The zero-order valence-electron chi connectivity index (χ0n) is 6.60. The summed E-state index contributed by atoms with van der Waals surface area (Å²) >= 11 is 0. The number of benzene rings is 1. The van der Waals surface area contributed by atoms with Gasteiger partial charge in [-0.2, -0.15) is 37.4 Å². The van der Waals surface area contributed by atoms with Crippen LogP contribution >= 0.6 is 0 Å². The van der Waals surface area contributed by atoms with E-state index in [1.54, 1.807) is 0 Å². The maximum absolute atomic E-state index is 11.9. The fourth-order valence-electron chi connectivity index (χ4n) is 0.732. The Bertz CT molecular complexity index is 255. The van der Waals surface area contributed by atoms with Crippen LogP contribution in [-0.2, 0) is 45.5 Å². The van der Waals surface area contributed by atoms with Crippen molar-refractivity contribution in [2.75, 3.05) is 0 Å². The van der Waals surface area contributed by atoms with E-state index < -0.39 is 11.7 Å². The molecule has 0 bridgehead atoms. The van der Waals surface area contributed by atoms with Gasteiger partial charge in [-0.25, -0.2) is 0 Å². The summed E-state index contributed by atoms with van der Waals surface area (Å²) in [4.78, 5) is 0. The summed E-state index contributed by atoms with van der Waals surface area (Å²) in [5, 5.41) is 8.53. The first-order valence-corrected chi connectivity index (χ1v) is 3.22. The monoisotopic (exact) mass is 264 g/mol. The summed E-state index contributed by atoms with van der Waals surface area (Å²) in [7, 11) is 0. The molecule has 0 radical (unpaired) electrons. The van der Waals surface area contributed by atoms with Crippen LogP contribution in [0.5, 0.6) is 0 Å². The standard InChI is InChI=1S/C8H6F3O.Y/c9-8(10,11)7-3-1-6(5-12)2-4-7;/h1-3,12H,5H2;/q-1;+3. The normalized spacial score (nSPS) is 10.8. The number of hydrogen-bond donors (Lipinski definition) is 1. The Hall–Kier alpha value is 0.0739. The molecule has 0 unspecified atom stereocenters. The molecule has 0 aliphatic rings. The van der Waals surface area contributed by atoms with E-state index in [9.17, 15) is 13.2 Å². The van der Waals surface area contributed by atoms with Gasteiger partial charge in [0.15, 0.2) is 0 Å². The molecule has 0 heterocycles. The Kier molecular flexibility index (Phi) is 5.11. The van der Waals surface area contributed by atoms with E-state index in [1.807, 2.05) is 6.07 Å². The smallest absolute Gasteiger partial charge is 0.404 e. The zero-order valence-corrected chi connectivity index (χ0v) is 9.44. The Morgan fingerprint density at radius 2 is 1.92 bits per heavy atom. The summed E-state index contributed by atoms with van der Waals surface area (Å²) in [6.07, 6.45) is -4.35. The number of halogens is 3. The molecule has 5 heteroatoms. The predicted molar refractivity (Wildman–Crippen MR) is 36.2 cm³/mol. The van der Waals surface area contributed by atoms with Crippen LogP contribution in [0.1, 0.15) is 11.1 Å². The Morgan fingerprint density at radius 1 is 1.31 bits per heavy atom. The van der Waals surface area contributed by atoms with Gasteiger partial charge in [0, 0.05) is 6.61 Å². The molecule has 1 rings (SSSR count). The first kappa shape index (κ1) is 13.1. The minimum atomic E-state index is -4.35.